The minimum absolute atomic E-state index is 0.0234. The van der Waals surface area contributed by atoms with Gasteiger partial charge in [-0.3, -0.25) is 14.6 Å². The second-order valence-corrected chi connectivity index (χ2v) is 7.32. The summed E-state index contributed by atoms with van der Waals surface area (Å²) in [6, 6.07) is 12.2. The fourth-order valence-electron chi connectivity index (χ4n) is 3.20. The molecule has 0 fully saturated rings. The summed E-state index contributed by atoms with van der Waals surface area (Å²) in [6.07, 6.45) is 6.59. The standard InChI is InChI=1S/C27H26N2O6.C2H6/c1-4-7-18(5-2)27(32)29-19-9-11-20(12-10-19)35-23-13-14-28-22-17-25(24(33-3)16-21(22)23)34-15-6-8-26(30)31;1-2/h4-5,7,9-14,16-17H,1-2,6,8,15H2,3H3,(H,29,32)(H,30,31);1-2H3/b18-7+;. The van der Waals surface area contributed by atoms with E-state index < -0.39 is 5.97 Å². The number of carboxylic acid groups (broad SMARTS) is 1. The topological polar surface area (TPSA) is 107 Å². The lowest BCUT2D eigenvalue weighted by Crippen LogP contribution is -2.12. The first kappa shape index (κ1) is 28.6. The first-order chi connectivity index (χ1) is 17.9. The molecule has 8 nitrogen and oxygen atoms in total. The number of rotatable bonds is 12. The minimum Gasteiger partial charge on any atom is -0.493 e. The lowest BCUT2D eigenvalue weighted by Gasteiger charge is -2.14. The highest BCUT2D eigenvalue weighted by atomic mass is 16.5. The van der Waals surface area contributed by atoms with Gasteiger partial charge in [-0.25, -0.2) is 0 Å². The van der Waals surface area contributed by atoms with E-state index in [2.05, 4.69) is 23.5 Å². The summed E-state index contributed by atoms with van der Waals surface area (Å²) >= 11 is 0. The van der Waals surface area contributed by atoms with Crippen LogP contribution in [0.2, 0.25) is 0 Å². The minimum atomic E-state index is -0.871. The van der Waals surface area contributed by atoms with Gasteiger partial charge in [-0.05, 0) is 42.8 Å². The Balaban J connectivity index is 0.00000235. The van der Waals surface area contributed by atoms with Crippen LogP contribution < -0.4 is 19.5 Å². The quantitative estimate of drug-likeness (QED) is 0.164. The number of aromatic nitrogens is 1. The van der Waals surface area contributed by atoms with Gasteiger partial charge >= 0.3 is 5.97 Å². The summed E-state index contributed by atoms with van der Waals surface area (Å²) in [5.41, 5.74) is 1.64. The van der Waals surface area contributed by atoms with Gasteiger partial charge in [0.1, 0.15) is 11.5 Å². The number of fused-ring (bicyclic) bond motifs is 1. The van der Waals surface area contributed by atoms with E-state index in [1.54, 1.807) is 54.7 Å². The van der Waals surface area contributed by atoms with Crippen LogP contribution in [0.25, 0.3) is 10.9 Å². The number of hydrogen-bond donors (Lipinski definition) is 2. The summed E-state index contributed by atoms with van der Waals surface area (Å²) in [7, 11) is 1.53. The number of carbonyl (C=O) groups excluding carboxylic acids is 1. The molecule has 37 heavy (non-hydrogen) atoms. The average molecular weight is 505 g/mol. The number of methoxy groups -OCH3 is 1. The fourth-order valence-corrected chi connectivity index (χ4v) is 3.20. The smallest absolute Gasteiger partial charge is 0.303 e. The van der Waals surface area contributed by atoms with Gasteiger partial charge < -0.3 is 24.6 Å². The van der Waals surface area contributed by atoms with E-state index >= 15 is 0 Å². The zero-order valence-electron chi connectivity index (χ0n) is 21.3. The Morgan fingerprint density at radius 2 is 1.78 bits per heavy atom. The van der Waals surface area contributed by atoms with E-state index in [1.807, 2.05) is 13.8 Å². The van der Waals surface area contributed by atoms with Crippen LogP contribution in [-0.2, 0) is 9.59 Å². The second kappa shape index (κ2) is 14.7. The fraction of sp³-hybridized carbons (Fsp3) is 0.207. The maximum absolute atomic E-state index is 12.3. The molecular formula is C29H32N2O6. The first-order valence-electron chi connectivity index (χ1n) is 11.8. The number of hydrogen-bond acceptors (Lipinski definition) is 6. The number of pyridine rings is 1. The number of nitrogens with zero attached hydrogens (tertiary/aromatic N) is 1. The first-order valence-corrected chi connectivity index (χ1v) is 11.8. The third kappa shape index (κ3) is 8.24. The van der Waals surface area contributed by atoms with Crippen LogP contribution in [0.15, 0.2) is 85.6 Å². The van der Waals surface area contributed by atoms with Crippen molar-refractivity contribution >= 4 is 28.5 Å². The van der Waals surface area contributed by atoms with E-state index in [0.29, 0.717) is 51.6 Å². The van der Waals surface area contributed by atoms with Crippen LogP contribution in [-0.4, -0.2) is 35.7 Å². The highest BCUT2D eigenvalue weighted by Crippen LogP contribution is 2.37. The Bertz CT molecular complexity index is 1270. The monoisotopic (exact) mass is 504 g/mol. The van der Waals surface area contributed by atoms with Gasteiger partial charge in [-0.1, -0.05) is 45.2 Å². The number of nitrogens with one attached hydrogen (secondary N) is 1. The number of carbonyl (C=O) groups is 2. The molecule has 0 aliphatic rings. The van der Waals surface area contributed by atoms with Crippen molar-refractivity contribution in [3.8, 4) is 23.0 Å². The SMILES string of the molecule is C=C/C=C(\C=C)C(=O)Nc1ccc(Oc2ccnc3cc(OCCCC(=O)O)c(OC)cc23)cc1.CC. The molecule has 1 heterocycles. The van der Waals surface area contributed by atoms with Gasteiger partial charge in [0.2, 0.25) is 0 Å². The molecule has 0 unspecified atom stereocenters. The summed E-state index contributed by atoms with van der Waals surface area (Å²) < 4.78 is 17.2. The van der Waals surface area contributed by atoms with Crippen molar-refractivity contribution < 1.29 is 28.9 Å². The molecule has 3 rings (SSSR count). The molecule has 0 aliphatic carbocycles. The van der Waals surface area contributed by atoms with Gasteiger partial charge in [-0.15, -0.1) is 0 Å². The van der Waals surface area contributed by atoms with E-state index in [-0.39, 0.29) is 18.9 Å². The summed E-state index contributed by atoms with van der Waals surface area (Å²) in [6.45, 7) is 11.5. The van der Waals surface area contributed by atoms with Crippen molar-refractivity contribution in [1.82, 2.24) is 4.98 Å². The molecule has 0 saturated carbocycles. The highest BCUT2D eigenvalue weighted by molar-refractivity contribution is 6.05. The third-order valence-corrected chi connectivity index (χ3v) is 4.90. The molecule has 8 heteroatoms. The number of anilines is 1. The molecule has 0 radical (unpaired) electrons. The zero-order chi connectivity index (χ0) is 27.2. The van der Waals surface area contributed by atoms with Crippen molar-refractivity contribution in [3.63, 3.8) is 0 Å². The van der Waals surface area contributed by atoms with Crippen molar-refractivity contribution in [2.24, 2.45) is 0 Å². The predicted molar refractivity (Wildman–Crippen MR) is 146 cm³/mol. The van der Waals surface area contributed by atoms with E-state index in [9.17, 15) is 9.59 Å². The van der Waals surface area contributed by atoms with E-state index in [0.717, 1.165) is 0 Å². The molecule has 0 bridgehead atoms. The van der Waals surface area contributed by atoms with Crippen molar-refractivity contribution in [2.45, 2.75) is 26.7 Å². The summed E-state index contributed by atoms with van der Waals surface area (Å²) in [5, 5.41) is 12.3. The van der Waals surface area contributed by atoms with Crippen molar-refractivity contribution in [3.05, 3.63) is 85.6 Å². The number of aliphatic carboxylic acids is 1. The van der Waals surface area contributed by atoms with Crippen LogP contribution in [0.4, 0.5) is 5.69 Å². The van der Waals surface area contributed by atoms with Crippen molar-refractivity contribution in [2.75, 3.05) is 19.0 Å². The number of carboxylic acids is 1. The van der Waals surface area contributed by atoms with Gasteiger partial charge in [0, 0.05) is 35.3 Å². The molecule has 194 valence electrons. The van der Waals surface area contributed by atoms with Gasteiger partial charge in [-0.2, -0.15) is 0 Å². The van der Waals surface area contributed by atoms with Gasteiger partial charge in [0.25, 0.3) is 5.91 Å². The Labute approximate surface area is 216 Å². The second-order valence-electron chi connectivity index (χ2n) is 7.32. The summed E-state index contributed by atoms with van der Waals surface area (Å²) in [4.78, 5) is 27.4. The van der Waals surface area contributed by atoms with E-state index in [1.165, 1.54) is 19.3 Å². The molecular weight excluding hydrogens is 472 g/mol. The molecule has 2 aromatic carbocycles. The Morgan fingerprint density at radius 1 is 1.05 bits per heavy atom. The zero-order valence-corrected chi connectivity index (χ0v) is 21.3. The van der Waals surface area contributed by atoms with Crippen LogP contribution in [0.3, 0.4) is 0 Å². The van der Waals surface area contributed by atoms with Gasteiger partial charge in [0.15, 0.2) is 11.5 Å². The van der Waals surface area contributed by atoms with E-state index in [4.69, 9.17) is 19.3 Å². The lowest BCUT2D eigenvalue weighted by molar-refractivity contribution is -0.137. The number of allylic oxidation sites excluding steroid dienone is 2. The average Bonchev–Trinajstić information content (AvgIpc) is 2.91. The number of ether oxygens (including phenoxy) is 3. The maximum atomic E-state index is 12.3. The maximum Gasteiger partial charge on any atom is 0.303 e. The van der Waals surface area contributed by atoms with Crippen LogP contribution in [0.1, 0.15) is 26.7 Å². The molecule has 0 saturated heterocycles. The molecule has 0 atom stereocenters. The predicted octanol–water partition coefficient (Wildman–Crippen LogP) is 6.54. The molecule has 1 amide bonds. The lowest BCUT2D eigenvalue weighted by atomic mass is 10.1. The number of benzene rings is 2. The largest absolute Gasteiger partial charge is 0.493 e. The normalized spacial score (nSPS) is 10.5. The molecule has 0 spiro atoms. The Hall–Kier alpha value is -4.59. The molecule has 2 N–H and O–H groups in total. The molecule has 0 aliphatic heterocycles. The highest BCUT2D eigenvalue weighted by Gasteiger charge is 2.13. The van der Waals surface area contributed by atoms with Crippen LogP contribution >= 0.6 is 0 Å². The molecule has 1 aromatic heterocycles. The van der Waals surface area contributed by atoms with Crippen LogP contribution in [0, 0.1) is 0 Å². The third-order valence-electron chi connectivity index (χ3n) is 4.90. The Morgan fingerprint density at radius 3 is 2.41 bits per heavy atom. The molecule has 3 aromatic rings. The van der Waals surface area contributed by atoms with Gasteiger partial charge in [0.05, 0.1) is 19.2 Å². The van der Waals surface area contributed by atoms with Crippen LogP contribution in [0.5, 0.6) is 23.0 Å². The summed E-state index contributed by atoms with van der Waals surface area (Å²) in [5.74, 6) is 0.916. The van der Waals surface area contributed by atoms with Crippen molar-refractivity contribution in [1.29, 1.82) is 0 Å². The number of amides is 1. The Kier molecular flexibility index (Phi) is 11.4.